The van der Waals surface area contributed by atoms with Crippen molar-refractivity contribution in [3.05, 3.63) is 88.4 Å². The number of hydrogen-bond donors (Lipinski definition) is 1. The summed E-state index contributed by atoms with van der Waals surface area (Å²) in [6.07, 6.45) is 2.09. The van der Waals surface area contributed by atoms with Crippen molar-refractivity contribution in [2.75, 3.05) is 24.5 Å². The molecule has 10 heteroatoms. The molecule has 3 aromatic carbocycles. The molecule has 0 fully saturated rings. The van der Waals surface area contributed by atoms with Crippen LogP contribution in [0.15, 0.2) is 82.2 Å². The summed E-state index contributed by atoms with van der Waals surface area (Å²) in [5.41, 5.74) is 2.00. The fourth-order valence-corrected chi connectivity index (χ4v) is 6.18. The van der Waals surface area contributed by atoms with Crippen LogP contribution in [-0.4, -0.2) is 51.4 Å². The van der Waals surface area contributed by atoms with Crippen molar-refractivity contribution < 1.29 is 22.7 Å². The number of amides is 2. The number of aryl methyl sites for hydroxylation is 1. The van der Waals surface area contributed by atoms with E-state index in [2.05, 4.69) is 21.2 Å². The van der Waals surface area contributed by atoms with Gasteiger partial charge in [0.05, 0.1) is 17.7 Å². The molecule has 2 amide bonds. The van der Waals surface area contributed by atoms with E-state index in [9.17, 15) is 18.0 Å². The van der Waals surface area contributed by atoms with E-state index in [1.54, 1.807) is 55.6 Å². The molecule has 41 heavy (non-hydrogen) atoms. The topological polar surface area (TPSA) is 96.0 Å². The highest BCUT2D eigenvalue weighted by Gasteiger charge is 2.33. The highest BCUT2D eigenvalue weighted by Crippen LogP contribution is 2.27. The summed E-state index contributed by atoms with van der Waals surface area (Å²) in [5.74, 6) is -0.151. The van der Waals surface area contributed by atoms with Crippen LogP contribution in [-0.2, 0) is 26.2 Å². The van der Waals surface area contributed by atoms with Crippen LogP contribution in [0.2, 0.25) is 0 Å². The first-order valence-electron chi connectivity index (χ1n) is 13.7. The van der Waals surface area contributed by atoms with E-state index >= 15 is 0 Å². The van der Waals surface area contributed by atoms with Gasteiger partial charge in [0.15, 0.2) is 0 Å². The second kappa shape index (κ2) is 15.0. The van der Waals surface area contributed by atoms with Crippen molar-refractivity contribution >= 4 is 43.5 Å². The maximum Gasteiger partial charge on any atom is 0.264 e. The Bertz CT molecular complexity index is 1430. The minimum atomic E-state index is -4.13. The number of methoxy groups -OCH3 is 1. The molecule has 0 saturated carbocycles. The zero-order valence-electron chi connectivity index (χ0n) is 24.0. The van der Waals surface area contributed by atoms with Crippen molar-refractivity contribution in [3.8, 4) is 5.75 Å². The molecule has 0 aliphatic rings. The van der Waals surface area contributed by atoms with Crippen molar-refractivity contribution in [1.82, 2.24) is 10.2 Å². The molecule has 0 saturated heterocycles. The molecule has 1 N–H and O–H groups in total. The maximum atomic E-state index is 14.1. The molecule has 3 rings (SSSR count). The van der Waals surface area contributed by atoms with Crippen LogP contribution >= 0.6 is 15.9 Å². The van der Waals surface area contributed by atoms with Crippen molar-refractivity contribution in [2.45, 2.75) is 57.5 Å². The third-order valence-electron chi connectivity index (χ3n) is 6.69. The Kier molecular flexibility index (Phi) is 11.8. The lowest BCUT2D eigenvalue weighted by Crippen LogP contribution is -2.52. The molecule has 0 bridgehead atoms. The minimum Gasteiger partial charge on any atom is -0.497 e. The molecule has 0 radical (unpaired) electrons. The van der Waals surface area contributed by atoms with Crippen molar-refractivity contribution in [2.24, 2.45) is 0 Å². The zero-order valence-corrected chi connectivity index (χ0v) is 26.4. The lowest BCUT2D eigenvalue weighted by Gasteiger charge is -2.33. The van der Waals surface area contributed by atoms with Gasteiger partial charge in [-0.25, -0.2) is 8.42 Å². The van der Waals surface area contributed by atoms with Gasteiger partial charge in [-0.15, -0.1) is 0 Å². The first kappa shape index (κ1) is 32.1. The Balaban J connectivity index is 2.04. The third kappa shape index (κ3) is 8.56. The Hall–Kier alpha value is -3.37. The molecule has 0 aliphatic carbocycles. The highest BCUT2D eigenvalue weighted by molar-refractivity contribution is 9.10. The van der Waals surface area contributed by atoms with Crippen LogP contribution in [0.1, 0.15) is 44.2 Å². The average molecular weight is 645 g/mol. The van der Waals surface area contributed by atoms with Gasteiger partial charge in [0.2, 0.25) is 11.8 Å². The van der Waals surface area contributed by atoms with Gasteiger partial charge in [-0.2, -0.15) is 0 Å². The van der Waals surface area contributed by atoms with Gasteiger partial charge < -0.3 is 15.0 Å². The number of anilines is 1. The van der Waals surface area contributed by atoms with Crippen LogP contribution in [0.4, 0.5) is 5.69 Å². The lowest BCUT2D eigenvalue weighted by atomic mass is 10.1. The van der Waals surface area contributed by atoms with Gasteiger partial charge in [0.1, 0.15) is 18.3 Å². The van der Waals surface area contributed by atoms with Crippen LogP contribution in [0.5, 0.6) is 5.75 Å². The second-order valence-electron chi connectivity index (χ2n) is 9.75. The van der Waals surface area contributed by atoms with E-state index in [4.69, 9.17) is 4.74 Å². The molecule has 0 unspecified atom stereocenters. The summed E-state index contributed by atoms with van der Waals surface area (Å²) in [4.78, 5) is 29.0. The Morgan fingerprint density at radius 2 is 1.71 bits per heavy atom. The fraction of sp³-hybridized carbons (Fsp3) is 0.355. The van der Waals surface area contributed by atoms with E-state index in [1.165, 1.54) is 17.0 Å². The van der Waals surface area contributed by atoms with Gasteiger partial charge in [-0.1, -0.05) is 72.1 Å². The van der Waals surface area contributed by atoms with Crippen LogP contribution in [0, 0.1) is 6.92 Å². The van der Waals surface area contributed by atoms with Gasteiger partial charge in [-0.3, -0.25) is 13.9 Å². The molecule has 3 aromatic rings. The first-order valence-corrected chi connectivity index (χ1v) is 15.9. The van der Waals surface area contributed by atoms with Crippen LogP contribution in [0.25, 0.3) is 0 Å². The van der Waals surface area contributed by atoms with Crippen LogP contribution < -0.4 is 14.4 Å². The highest BCUT2D eigenvalue weighted by atomic mass is 79.9. The molecular weight excluding hydrogens is 606 g/mol. The van der Waals surface area contributed by atoms with E-state index < -0.39 is 28.5 Å². The normalized spacial score (nSPS) is 11.9. The lowest BCUT2D eigenvalue weighted by molar-refractivity contribution is -0.140. The number of rotatable bonds is 14. The predicted molar refractivity (Wildman–Crippen MR) is 165 cm³/mol. The Morgan fingerprint density at radius 3 is 2.34 bits per heavy atom. The largest absolute Gasteiger partial charge is 0.497 e. The van der Waals surface area contributed by atoms with Gasteiger partial charge in [-0.05, 0) is 67.8 Å². The predicted octanol–water partition coefficient (Wildman–Crippen LogP) is 5.69. The number of ether oxygens (including phenoxy) is 1. The molecule has 0 aliphatic heterocycles. The number of halogens is 1. The quantitative estimate of drug-likeness (QED) is 0.228. The summed E-state index contributed by atoms with van der Waals surface area (Å²) < 4.78 is 35.0. The number of benzene rings is 3. The van der Waals surface area contributed by atoms with E-state index in [0.717, 1.165) is 28.3 Å². The Morgan fingerprint density at radius 1 is 1.00 bits per heavy atom. The molecule has 220 valence electrons. The summed E-state index contributed by atoms with van der Waals surface area (Å²) in [6.45, 7) is 5.86. The van der Waals surface area contributed by atoms with Crippen molar-refractivity contribution in [3.63, 3.8) is 0 Å². The number of unbranched alkanes of at least 4 members (excludes halogenated alkanes) is 1. The monoisotopic (exact) mass is 643 g/mol. The number of sulfonamides is 1. The van der Waals surface area contributed by atoms with Gasteiger partial charge >= 0.3 is 0 Å². The minimum absolute atomic E-state index is 0.0690. The van der Waals surface area contributed by atoms with E-state index in [0.29, 0.717) is 28.9 Å². The molecule has 8 nitrogen and oxygen atoms in total. The summed E-state index contributed by atoms with van der Waals surface area (Å²) in [5, 5.41) is 2.94. The summed E-state index contributed by atoms with van der Waals surface area (Å²) in [7, 11) is -2.57. The van der Waals surface area contributed by atoms with E-state index in [-0.39, 0.29) is 17.3 Å². The first-order chi connectivity index (χ1) is 19.6. The molecule has 1 atom stereocenters. The average Bonchev–Trinajstić information content (AvgIpc) is 2.96. The van der Waals surface area contributed by atoms with Gasteiger partial charge in [0.25, 0.3) is 10.0 Å². The molecule has 0 heterocycles. The Labute approximate surface area is 251 Å². The molecule has 0 aromatic heterocycles. The number of nitrogens with one attached hydrogen (secondary N) is 1. The fourth-order valence-electron chi connectivity index (χ4n) is 4.39. The third-order valence-corrected chi connectivity index (χ3v) is 8.97. The maximum absolute atomic E-state index is 14.1. The summed E-state index contributed by atoms with van der Waals surface area (Å²) >= 11 is 3.42. The number of nitrogens with zero attached hydrogens (tertiary/aromatic N) is 2. The summed E-state index contributed by atoms with van der Waals surface area (Å²) in [6, 6.07) is 19.8. The number of carbonyl (C=O) groups excluding carboxylic acids is 2. The number of hydrogen-bond acceptors (Lipinski definition) is 5. The van der Waals surface area contributed by atoms with Crippen LogP contribution in [0.3, 0.4) is 0 Å². The molecule has 0 spiro atoms. The number of carbonyl (C=O) groups is 2. The SMILES string of the molecule is CCCCNC(=O)[C@H](CC)N(Cc1cccc(OC)c1)C(=O)CN(c1cccc(Br)c1)S(=O)(=O)c1ccc(C)cc1. The zero-order chi connectivity index (χ0) is 30.0. The van der Waals surface area contributed by atoms with Gasteiger partial charge in [0, 0.05) is 17.6 Å². The second-order valence-corrected chi connectivity index (χ2v) is 12.5. The molecular formula is C31H38BrN3O5S. The standard InChI is InChI=1S/C31H38BrN3O5S/c1-5-7-18-33-31(37)29(6-2)34(21-24-10-8-13-27(19-24)40-4)30(36)22-35(26-12-9-11-25(32)20-26)41(38,39)28-16-14-23(3)15-17-28/h8-17,19-20,29H,5-7,18,21-22H2,1-4H3,(H,33,37)/t29-/m0/s1. The van der Waals surface area contributed by atoms with E-state index in [1.807, 2.05) is 32.9 Å². The smallest absolute Gasteiger partial charge is 0.264 e. The van der Waals surface area contributed by atoms with Crippen molar-refractivity contribution in [1.29, 1.82) is 0 Å².